The Hall–Kier alpha value is -3.39. The van der Waals surface area contributed by atoms with Gasteiger partial charge in [0.15, 0.2) is 0 Å². The number of rotatable bonds is 12. The SMILES string of the molecule is CCC[C@H](NC(=O)C(CCCOC)NC(=O)OCC1c2ccccc2-c2ccccc21)C(=O)O. The smallest absolute Gasteiger partial charge is 0.407 e. The van der Waals surface area contributed by atoms with E-state index >= 15 is 0 Å². The summed E-state index contributed by atoms with van der Waals surface area (Å²) in [5, 5.41) is 14.5. The molecule has 8 heteroatoms. The third kappa shape index (κ3) is 6.14. The van der Waals surface area contributed by atoms with Crippen molar-refractivity contribution in [2.75, 3.05) is 20.3 Å². The number of carbonyl (C=O) groups is 3. The lowest BCUT2D eigenvalue weighted by Crippen LogP contribution is -2.51. The molecule has 2 amide bonds. The van der Waals surface area contributed by atoms with Crippen molar-refractivity contribution in [2.45, 2.75) is 50.6 Å². The molecule has 0 saturated heterocycles. The number of amides is 2. The van der Waals surface area contributed by atoms with E-state index in [1.807, 2.05) is 43.3 Å². The zero-order valence-corrected chi connectivity index (χ0v) is 19.6. The molecular weight excluding hydrogens is 436 g/mol. The van der Waals surface area contributed by atoms with Gasteiger partial charge in [0.1, 0.15) is 18.7 Å². The molecule has 1 unspecified atom stereocenters. The highest BCUT2D eigenvalue weighted by atomic mass is 16.5. The number of benzene rings is 2. The molecule has 0 heterocycles. The third-order valence-electron chi connectivity index (χ3n) is 5.99. The van der Waals surface area contributed by atoms with Crippen molar-refractivity contribution in [3.63, 3.8) is 0 Å². The second-order valence-corrected chi connectivity index (χ2v) is 8.35. The molecule has 0 bridgehead atoms. The highest BCUT2D eigenvalue weighted by Gasteiger charge is 2.30. The number of methoxy groups -OCH3 is 1. The predicted molar refractivity (Wildman–Crippen MR) is 128 cm³/mol. The van der Waals surface area contributed by atoms with Crippen LogP contribution in [0.1, 0.15) is 49.7 Å². The Morgan fingerprint density at radius 2 is 1.56 bits per heavy atom. The van der Waals surface area contributed by atoms with Gasteiger partial charge in [0, 0.05) is 19.6 Å². The molecule has 182 valence electrons. The van der Waals surface area contributed by atoms with Crippen LogP contribution in [0.2, 0.25) is 0 Å². The Kier molecular flexibility index (Phi) is 9.04. The van der Waals surface area contributed by atoms with E-state index in [0.29, 0.717) is 32.3 Å². The van der Waals surface area contributed by atoms with Crippen molar-refractivity contribution in [1.29, 1.82) is 0 Å². The summed E-state index contributed by atoms with van der Waals surface area (Å²) >= 11 is 0. The van der Waals surface area contributed by atoms with Crippen LogP contribution in [-0.2, 0) is 19.1 Å². The van der Waals surface area contributed by atoms with Gasteiger partial charge in [-0.1, -0.05) is 61.9 Å². The molecule has 0 saturated carbocycles. The zero-order valence-electron chi connectivity index (χ0n) is 19.6. The van der Waals surface area contributed by atoms with Gasteiger partial charge >= 0.3 is 12.1 Å². The number of aliphatic carboxylic acids is 1. The Balaban J connectivity index is 1.65. The molecule has 1 aliphatic rings. The standard InChI is InChI=1S/C26H32N2O6/c1-3-9-23(25(30)31)27-24(29)22(14-8-15-33-2)28-26(32)34-16-21-19-12-6-4-10-17(19)18-11-5-7-13-20(18)21/h4-7,10-13,21-23H,3,8-9,14-16H2,1-2H3,(H,27,29)(H,28,32)(H,30,31)/t22?,23-/m0/s1. The number of fused-ring (bicyclic) bond motifs is 3. The van der Waals surface area contributed by atoms with Crippen LogP contribution in [0.15, 0.2) is 48.5 Å². The van der Waals surface area contributed by atoms with Crippen LogP contribution in [0, 0.1) is 0 Å². The lowest BCUT2D eigenvalue weighted by molar-refractivity contribution is -0.142. The van der Waals surface area contributed by atoms with Gasteiger partial charge < -0.3 is 25.2 Å². The van der Waals surface area contributed by atoms with Crippen LogP contribution in [0.3, 0.4) is 0 Å². The van der Waals surface area contributed by atoms with Gasteiger partial charge in [-0.2, -0.15) is 0 Å². The fraction of sp³-hybridized carbons (Fsp3) is 0.423. The topological polar surface area (TPSA) is 114 Å². The van der Waals surface area contributed by atoms with E-state index in [9.17, 15) is 19.5 Å². The molecule has 0 spiro atoms. The fourth-order valence-corrected chi connectivity index (χ4v) is 4.30. The van der Waals surface area contributed by atoms with Gasteiger partial charge in [-0.25, -0.2) is 9.59 Å². The summed E-state index contributed by atoms with van der Waals surface area (Å²) in [4.78, 5) is 36.9. The zero-order chi connectivity index (χ0) is 24.5. The number of alkyl carbamates (subject to hydrolysis) is 1. The lowest BCUT2D eigenvalue weighted by Gasteiger charge is -2.22. The van der Waals surface area contributed by atoms with E-state index in [2.05, 4.69) is 22.8 Å². The molecule has 0 radical (unpaired) electrons. The lowest BCUT2D eigenvalue weighted by atomic mass is 9.98. The summed E-state index contributed by atoms with van der Waals surface area (Å²) < 4.78 is 10.6. The van der Waals surface area contributed by atoms with Crippen molar-refractivity contribution in [2.24, 2.45) is 0 Å². The molecule has 2 aromatic rings. The summed E-state index contributed by atoms with van der Waals surface area (Å²) in [6, 6.07) is 14.1. The van der Waals surface area contributed by atoms with Gasteiger partial charge in [-0.3, -0.25) is 4.79 Å². The van der Waals surface area contributed by atoms with Crippen molar-refractivity contribution in [3.8, 4) is 11.1 Å². The maximum Gasteiger partial charge on any atom is 0.407 e. The number of hydrogen-bond donors (Lipinski definition) is 3. The molecule has 3 N–H and O–H groups in total. The molecular formula is C26H32N2O6. The van der Waals surface area contributed by atoms with E-state index in [-0.39, 0.29) is 12.5 Å². The number of nitrogens with one attached hydrogen (secondary N) is 2. The number of carboxylic acid groups (broad SMARTS) is 1. The molecule has 8 nitrogen and oxygen atoms in total. The highest BCUT2D eigenvalue weighted by Crippen LogP contribution is 2.44. The van der Waals surface area contributed by atoms with Gasteiger partial charge in [-0.15, -0.1) is 0 Å². The number of carboxylic acids is 1. The minimum absolute atomic E-state index is 0.0973. The summed E-state index contributed by atoms with van der Waals surface area (Å²) in [5.74, 6) is -1.75. The normalized spacial score (nSPS) is 13.9. The average molecular weight is 469 g/mol. The molecule has 0 aromatic heterocycles. The van der Waals surface area contributed by atoms with E-state index in [1.165, 1.54) is 0 Å². The van der Waals surface area contributed by atoms with Crippen LogP contribution in [-0.4, -0.2) is 55.5 Å². The Morgan fingerprint density at radius 3 is 2.12 bits per heavy atom. The van der Waals surface area contributed by atoms with Crippen LogP contribution in [0.25, 0.3) is 11.1 Å². The molecule has 3 rings (SSSR count). The molecule has 34 heavy (non-hydrogen) atoms. The van der Waals surface area contributed by atoms with Crippen LogP contribution >= 0.6 is 0 Å². The van der Waals surface area contributed by atoms with Crippen molar-refractivity contribution in [1.82, 2.24) is 10.6 Å². The molecule has 2 atom stereocenters. The Morgan fingerprint density at radius 1 is 0.941 bits per heavy atom. The van der Waals surface area contributed by atoms with E-state index < -0.39 is 30.1 Å². The first-order chi connectivity index (χ1) is 16.5. The van der Waals surface area contributed by atoms with E-state index in [4.69, 9.17) is 9.47 Å². The van der Waals surface area contributed by atoms with E-state index in [1.54, 1.807) is 7.11 Å². The molecule has 2 aromatic carbocycles. The Bertz CT molecular complexity index is 963. The number of carbonyl (C=O) groups excluding carboxylic acids is 2. The summed E-state index contributed by atoms with van der Waals surface area (Å²) in [6.45, 7) is 2.38. The van der Waals surface area contributed by atoms with Gasteiger partial charge in [-0.05, 0) is 41.5 Å². The Labute approximate surface area is 199 Å². The van der Waals surface area contributed by atoms with Crippen molar-refractivity contribution >= 4 is 18.0 Å². The van der Waals surface area contributed by atoms with Crippen molar-refractivity contribution in [3.05, 3.63) is 59.7 Å². The largest absolute Gasteiger partial charge is 0.480 e. The second-order valence-electron chi connectivity index (χ2n) is 8.35. The van der Waals surface area contributed by atoms with Gasteiger partial charge in [0.25, 0.3) is 0 Å². The van der Waals surface area contributed by atoms with Crippen LogP contribution < -0.4 is 10.6 Å². The van der Waals surface area contributed by atoms with E-state index in [0.717, 1.165) is 22.3 Å². The molecule has 1 aliphatic carbocycles. The maximum atomic E-state index is 12.8. The monoisotopic (exact) mass is 468 g/mol. The fourth-order valence-electron chi connectivity index (χ4n) is 4.30. The molecule has 0 aliphatic heterocycles. The minimum Gasteiger partial charge on any atom is -0.480 e. The maximum absolute atomic E-state index is 12.8. The van der Waals surface area contributed by atoms with Gasteiger partial charge in [0.05, 0.1) is 0 Å². The van der Waals surface area contributed by atoms with Crippen LogP contribution in [0.5, 0.6) is 0 Å². The average Bonchev–Trinajstić information content (AvgIpc) is 3.15. The quantitative estimate of drug-likeness (QED) is 0.410. The number of hydrogen-bond acceptors (Lipinski definition) is 5. The first-order valence-corrected chi connectivity index (χ1v) is 11.6. The highest BCUT2D eigenvalue weighted by molar-refractivity contribution is 5.89. The first kappa shape index (κ1) is 25.2. The van der Waals surface area contributed by atoms with Gasteiger partial charge in [0.2, 0.25) is 5.91 Å². The third-order valence-corrected chi connectivity index (χ3v) is 5.99. The van der Waals surface area contributed by atoms with Crippen LogP contribution in [0.4, 0.5) is 4.79 Å². The molecule has 0 fully saturated rings. The summed E-state index contributed by atoms with van der Waals surface area (Å²) in [5.41, 5.74) is 4.43. The predicted octanol–water partition coefficient (Wildman–Crippen LogP) is 3.69. The minimum atomic E-state index is -1.10. The summed E-state index contributed by atoms with van der Waals surface area (Å²) in [7, 11) is 1.55. The second kappa shape index (κ2) is 12.2. The van der Waals surface area contributed by atoms with Crippen molar-refractivity contribution < 1.29 is 29.0 Å². The number of ether oxygens (including phenoxy) is 2. The first-order valence-electron chi connectivity index (χ1n) is 11.6. The summed E-state index contributed by atoms with van der Waals surface area (Å²) in [6.07, 6.45) is 0.996.